The molecule has 0 aliphatic heterocycles. The van der Waals surface area contributed by atoms with Crippen molar-refractivity contribution in [3.05, 3.63) is 17.8 Å². The molecule has 2 rings (SSSR count). The lowest BCUT2D eigenvalue weighted by atomic mass is 9.91. The lowest BCUT2D eigenvalue weighted by Gasteiger charge is -2.33. The molecule has 6 heteroatoms. The van der Waals surface area contributed by atoms with Crippen LogP contribution in [0.1, 0.15) is 43.1 Å². The van der Waals surface area contributed by atoms with Gasteiger partial charge in [0.2, 0.25) is 0 Å². The van der Waals surface area contributed by atoms with E-state index in [1.165, 1.54) is 0 Å². The van der Waals surface area contributed by atoms with E-state index in [1.807, 2.05) is 20.0 Å². The Bertz CT molecular complexity index is 439. The van der Waals surface area contributed by atoms with Crippen LogP contribution in [0.2, 0.25) is 0 Å². The zero-order chi connectivity index (χ0) is 14.5. The Morgan fingerprint density at radius 3 is 2.60 bits per heavy atom. The van der Waals surface area contributed by atoms with Gasteiger partial charge in [-0.2, -0.15) is 0 Å². The molecule has 0 aromatic carbocycles. The van der Waals surface area contributed by atoms with Gasteiger partial charge in [0.15, 0.2) is 11.5 Å². The molecule has 1 amide bonds. The van der Waals surface area contributed by atoms with Gasteiger partial charge >= 0.3 is 0 Å². The van der Waals surface area contributed by atoms with Crippen LogP contribution in [-0.4, -0.2) is 41.8 Å². The minimum atomic E-state index is -0.183. The average molecular weight is 277 g/mol. The largest absolute Gasteiger partial charge is 0.355 e. The van der Waals surface area contributed by atoms with Gasteiger partial charge in [0.25, 0.3) is 5.91 Å². The summed E-state index contributed by atoms with van der Waals surface area (Å²) in [5.41, 5.74) is 6.28. The average Bonchev–Trinajstić information content (AvgIpc) is 2.48. The van der Waals surface area contributed by atoms with E-state index in [0.29, 0.717) is 24.3 Å². The highest BCUT2D eigenvalue weighted by Gasteiger charge is 2.23. The highest BCUT2D eigenvalue weighted by molar-refractivity contribution is 5.92. The second-order valence-corrected chi connectivity index (χ2v) is 5.32. The highest BCUT2D eigenvalue weighted by atomic mass is 16.1. The Hall–Kier alpha value is -1.69. The second-order valence-electron chi connectivity index (χ2n) is 5.32. The first kappa shape index (κ1) is 14.7. The van der Waals surface area contributed by atoms with E-state index in [9.17, 15) is 4.79 Å². The zero-order valence-corrected chi connectivity index (χ0v) is 12.2. The van der Waals surface area contributed by atoms with Crippen LogP contribution in [0.3, 0.4) is 0 Å². The Morgan fingerprint density at radius 2 is 2.05 bits per heavy atom. The van der Waals surface area contributed by atoms with Crippen molar-refractivity contribution in [1.29, 1.82) is 0 Å². The molecule has 6 nitrogen and oxygen atoms in total. The maximum absolute atomic E-state index is 11.6. The third kappa shape index (κ3) is 3.45. The smallest absolute Gasteiger partial charge is 0.271 e. The summed E-state index contributed by atoms with van der Waals surface area (Å²) in [4.78, 5) is 13.8. The lowest BCUT2D eigenvalue weighted by molar-refractivity contribution is 0.0950. The molecule has 0 atom stereocenters. The van der Waals surface area contributed by atoms with Gasteiger partial charge in [-0.25, -0.2) is 0 Å². The number of aromatic nitrogens is 2. The standard InChI is InChI=1S/C14H23N5O/c1-3-16-14(20)12-8-9-13(18-17-12)19(2)11-6-4-10(15)5-7-11/h8-11H,3-7,15H2,1-2H3,(H,16,20). The molecular weight excluding hydrogens is 254 g/mol. The third-order valence-electron chi connectivity index (χ3n) is 3.87. The molecule has 0 bridgehead atoms. The van der Waals surface area contributed by atoms with Crippen molar-refractivity contribution < 1.29 is 4.79 Å². The predicted molar refractivity (Wildman–Crippen MR) is 78.7 cm³/mol. The molecule has 3 N–H and O–H groups in total. The van der Waals surface area contributed by atoms with Crippen molar-refractivity contribution in [2.75, 3.05) is 18.5 Å². The topological polar surface area (TPSA) is 84.1 Å². The Balaban J connectivity index is 2.00. The van der Waals surface area contributed by atoms with E-state index in [4.69, 9.17) is 5.73 Å². The number of carbonyl (C=O) groups is 1. The summed E-state index contributed by atoms with van der Waals surface area (Å²) in [5, 5.41) is 10.9. The van der Waals surface area contributed by atoms with Crippen molar-refractivity contribution in [1.82, 2.24) is 15.5 Å². The van der Waals surface area contributed by atoms with Crippen molar-refractivity contribution in [2.24, 2.45) is 5.73 Å². The van der Waals surface area contributed by atoms with Gasteiger partial charge < -0.3 is 16.0 Å². The van der Waals surface area contributed by atoms with Gasteiger partial charge in [-0.15, -0.1) is 10.2 Å². The van der Waals surface area contributed by atoms with E-state index in [0.717, 1.165) is 31.5 Å². The number of hydrogen-bond acceptors (Lipinski definition) is 5. The van der Waals surface area contributed by atoms with E-state index in [2.05, 4.69) is 20.4 Å². The molecule has 1 heterocycles. The number of nitrogens with two attached hydrogens (primary N) is 1. The maximum Gasteiger partial charge on any atom is 0.271 e. The molecule has 1 aliphatic rings. The van der Waals surface area contributed by atoms with E-state index < -0.39 is 0 Å². The van der Waals surface area contributed by atoms with Crippen LogP contribution in [0.25, 0.3) is 0 Å². The first-order chi connectivity index (χ1) is 9.61. The van der Waals surface area contributed by atoms with Gasteiger partial charge in [0.1, 0.15) is 0 Å². The normalized spacial score (nSPS) is 22.4. The second kappa shape index (κ2) is 6.65. The summed E-state index contributed by atoms with van der Waals surface area (Å²) < 4.78 is 0. The van der Waals surface area contributed by atoms with Crippen molar-refractivity contribution in [3.63, 3.8) is 0 Å². The summed E-state index contributed by atoms with van der Waals surface area (Å²) in [7, 11) is 2.03. The third-order valence-corrected chi connectivity index (χ3v) is 3.87. The molecule has 1 saturated carbocycles. The number of nitrogens with zero attached hydrogens (tertiary/aromatic N) is 3. The van der Waals surface area contributed by atoms with Gasteiger partial charge in [0.05, 0.1) is 0 Å². The van der Waals surface area contributed by atoms with Crippen LogP contribution in [0, 0.1) is 0 Å². The van der Waals surface area contributed by atoms with Crippen LogP contribution in [-0.2, 0) is 0 Å². The Kier molecular flexibility index (Phi) is 4.89. The Labute approximate surface area is 119 Å². The van der Waals surface area contributed by atoms with Gasteiger partial charge in [-0.05, 0) is 44.7 Å². The predicted octanol–water partition coefficient (Wildman–Crippen LogP) is 0.932. The molecule has 1 aromatic heterocycles. The number of rotatable bonds is 4. The van der Waals surface area contributed by atoms with Crippen molar-refractivity contribution >= 4 is 11.7 Å². The van der Waals surface area contributed by atoms with Crippen LogP contribution in [0.4, 0.5) is 5.82 Å². The van der Waals surface area contributed by atoms with Gasteiger partial charge in [-0.3, -0.25) is 4.79 Å². The first-order valence-corrected chi connectivity index (χ1v) is 7.22. The molecule has 0 spiro atoms. The lowest BCUT2D eigenvalue weighted by Crippen LogP contribution is -2.39. The SMILES string of the molecule is CCNC(=O)c1ccc(N(C)C2CCC(N)CC2)nn1. The van der Waals surface area contributed by atoms with Crippen LogP contribution in [0.5, 0.6) is 0 Å². The van der Waals surface area contributed by atoms with Gasteiger partial charge in [0, 0.05) is 25.7 Å². The molecule has 20 heavy (non-hydrogen) atoms. The highest BCUT2D eigenvalue weighted by Crippen LogP contribution is 2.24. The van der Waals surface area contributed by atoms with Crippen molar-refractivity contribution in [2.45, 2.75) is 44.7 Å². The quantitative estimate of drug-likeness (QED) is 0.855. The van der Waals surface area contributed by atoms with Crippen LogP contribution >= 0.6 is 0 Å². The zero-order valence-electron chi connectivity index (χ0n) is 12.2. The number of hydrogen-bond donors (Lipinski definition) is 2. The minimum absolute atomic E-state index is 0.183. The summed E-state index contributed by atoms with van der Waals surface area (Å²) in [6, 6.07) is 4.37. The summed E-state index contributed by atoms with van der Waals surface area (Å²) in [6.07, 6.45) is 4.27. The van der Waals surface area contributed by atoms with E-state index in [-0.39, 0.29) is 5.91 Å². The summed E-state index contributed by atoms with van der Waals surface area (Å²) in [6.45, 7) is 2.46. The molecular formula is C14H23N5O. The monoisotopic (exact) mass is 277 g/mol. The molecule has 110 valence electrons. The van der Waals surface area contributed by atoms with Crippen LogP contribution in [0.15, 0.2) is 12.1 Å². The fourth-order valence-corrected chi connectivity index (χ4v) is 2.56. The molecule has 0 radical (unpaired) electrons. The summed E-state index contributed by atoms with van der Waals surface area (Å²) in [5.74, 6) is 0.622. The molecule has 1 fully saturated rings. The van der Waals surface area contributed by atoms with E-state index >= 15 is 0 Å². The molecule has 0 saturated heterocycles. The van der Waals surface area contributed by atoms with E-state index in [1.54, 1.807) is 6.07 Å². The fourth-order valence-electron chi connectivity index (χ4n) is 2.56. The number of carbonyl (C=O) groups excluding carboxylic acids is 1. The van der Waals surface area contributed by atoms with Crippen molar-refractivity contribution in [3.8, 4) is 0 Å². The maximum atomic E-state index is 11.6. The molecule has 0 unspecified atom stereocenters. The summed E-state index contributed by atoms with van der Waals surface area (Å²) >= 11 is 0. The number of amides is 1. The molecule has 1 aromatic rings. The fraction of sp³-hybridized carbons (Fsp3) is 0.643. The molecule has 1 aliphatic carbocycles. The minimum Gasteiger partial charge on any atom is -0.355 e. The Morgan fingerprint density at radius 1 is 1.35 bits per heavy atom. The van der Waals surface area contributed by atoms with Gasteiger partial charge in [-0.1, -0.05) is 0 Å². The van der Waals surface area contributed by atoms with Crippen LogP contribution < -0.4 is 16.0 Å². The number of nitrogens with one attached hydrogen (secondary N) is 1. The first-order valence-electron chi connectivity index (χ1n) is 7.22. The number of anilines is 1.